The molecule has 0 saturated heterocycles. The Bertz CT molecular complexity index is 652. The van der Waals surface area contributed by atoms with Crippen LogP contribution in [0, 0.1) is 6.92 Å². The van der Waals surface area contributed by atoms with E-state index in [0.717, 1.165) is 12.1 Å². The molecule has 0 saturated carbocycles. The van der Waals surface area contributed by atoms with E-state index in [1.165, 1.54) is 17.3 Å². The summed E-state index contributed by atoms with van der Waals surface area (Å²) in [6.07, 6.45) is 2.09. The molecular formula is C14H19NO5S. The molecule has 0 unspecified atom stereocenters. The summed E-state index contributed by atoms with van der Waals surface area (Å²) in [6.45, 7) is 7.33. The standard InChI is InChI=1S/C14H19NO5S/c1-4-6-15(7-5-2)21(19,20)13-9-11(14(17)18)12(16)8-10(13)3/h4,8-9,16H,1,5-7H2,2-3H3,(H,17,18). The Morgan fingerprint density at radius 2 is 2.05 bits per heavy atom. The van der Waals surface area contributed by atoms with Crippen LogP contribution in [0.15, 0.2) is 29.7 Å². The summed E-state index contributed by atoms with van der Waals surface area (Å²) in [6, 6.07) is 2.14. The van der Waals surface area contributed by atoms with Gasteiger partial charge in [-0.3, -0.25) is 0 Å². The summed E-state index contributed by atoms with van der Waals surface area (Å²) >= 11 is 0. The highest BCUT2D eigenvalue weighted by molar-refractivity contribution is 7.89. The van der Waals surface area contributed by atoms with E-state index in [2.05, 4.69) is 6.58 Å². The molecule has 0 radical (unpaired) electrons. The number of aromatic hydroxyl groups is 1. The Morgan fingerprint density at radius 3 is 2.52 bits per heavy atom. The molecule has 0 atom stereocenters. The third-order valence-corrected chi connectivity index (χ3v) is 4.95. The van der Waals surface area contributed by atoms with Gasteiger partial charge >= 0.3 is 5.97 Å². The third kappa shape index (κ3) is 3.62. The lowest BCUT2D eigenvalue weighted by atomic mass is 10.1. The van der Waals surface area contributed by atoms with Gasteiger partial charge in [0.05, 0.1) is 4.90 Å². The first-order valence-corrected chi connectivity index (χ1v) is 7.87. The third-order valence-electron chi connectivity index (χ3n) is 2.95. The van der Waals surface area contributed by atoms with E-state index in [1.54, 1.807) is 0 Å². The fourth-order valence-electron chi connectivity index (χ4n) is 1.96. The van der Waals surface area contributed by atoms with Crippen LogP contribution in [0.5, 0.6) is 5.75 Å². The van der Waals surface area contributed by atoms with Crippen molar-refractivity contribution in [2.24, 2.45) is 0 Å². The average molecular weight is 313 g/mol. The molecular weight excluding hydrogens is 294 g/mol. The van der Waals surface area contributed by atoms with Crippen molar-refractivity contribution in [1.29, 1.82) is 0 Å². The second-order valence-electron chi connectivity index (χ2n) is 4.59. The molecule has 0 spiro atoms. The van der Waals surface area contributed by atoms with Gasteiger partial charge in [-0.15, -0.1) is 6.58 Å². The Balaban J connectivity index is 3.45. The van der Waals surface area contributed by atoms with E-state index in [4.69, 9.17) is 5.11 Å². The van der Waals surface area contributed by atoms with Gasteiger partial charge in [-0.1, -0.05) is 13.0 Å². The van der Waals surface area contributed by atoms with Crippen LogP contribution in [0.3, 0.4) is 0 Å². The molecule has 6 nitrogen and oxygen atoms in total. The zero-order valence-electron chi connectivity index (χ0n) is 12.0. The minimum atomic E-state index is -3.84. The van der Waals surface area contributed by atoms with Crippen molar-refractivity contribution >= 4 is 16.0 Å². The first kappa shape index (κ1) is 17.2. The van der Waals surface area contributed by atoms with Crippen molar-refractivity contribution in [1.82, 2.24) is 4.31 Å². The molecule has 0 heterocycles. The zero-order chi connectivity index (χ0) is 16.2. The van der Waals surface area contributed by atoms with Crippen LogP contribution in [0.1, 0.15) is 29.3 Å². The van der Waals surface area contributed by atoms with Crippen LogP contribution < -0.4 is 0 Å². The van der Waals surface area contributed by atoms with E-state index in [9.17, 15) is 18.3 Å². The zero-order valence-corrected chi connectivity index (χ0v) is 12.9. The van der Waals surface area contributed by atoms with Crippen LogP contribution in [0.4, 0.5) is 0 Å². The number of hydrogen-bond donors (Lipinski definition) is 2. The number of carboxylic acid groups (broad SMARTS) is 1. The Kier molecular flexibility index (Phi) is 5.51. The molecule has 2 N–H and O–H groups in total. The van der Waals surface area contributed by atoms with Gasteiger partial charge in [0.25, 0.3) is 0 Å². The van der Waals surface area contributed by atoms with Crippen molar-refractivity contribution in [3.8, 4) is 5.75 Å². The summed E-state index contributed by atoms with van der Waals surface area (Å²) in [5, 5.41) is 18.6. The Labute approximate surface area is 124 Å². The first-order chi connectivity index (χ1) is 9.75. The van der Waals surface area contributed by atoms with E-state index in [0.29, 0.717) is 18.5 Å². The number of carbonyl (C=O) groups is 1. The summed E-state index contributed by atoms with van der Waals surface area (Å²) < 4.78 is 26.5. The number of aromatic carboxylic acids is 1. The van der Waals surface area contributed by atoms with Crippen LogP contribution in [0.2, 0.25) is 0 Å². The monoisotopic (exact) mass is 313 g/mol. The lowest BCUT2D eigenvalue weighted by molar-refractivity contribution is 0.0693. The Morgan fingerprint density at radius 1 is 1.43 bits per heavy atom. The topological polar surface area (TPSA) is 94.9 Å². The minimum absolute atomic E-state index is 0.118. The number of rotatable bonds is 7. The minimum Gasteiger partial charge on any atom is -0.507 e. The largest absolute Gasteiger partial charge is 0.507 e. The van der Waals surface area contributed by atoms with E-state index < -0.39 is 27.3 Å². The van der Waals surface area contributed by atoms with Crippen molar-refractivity contribution in [2.45, 2.75) is 25.2 Å². The highest BCUT2D eigenvalue weighted by Gasteiger charge is 2.27. The molecule has 0 bridgehead atoms. The smallest absolute Gasteiger partial charge is 0.339 e. The summed E-state index contributed by atoms with van der Waals surface area (Å²) in [7, 11) is -3.84. The molecule has 1 rings (SSSR count). The van der Waals surface area contributed by atoms with Gasteiger partial charge in [0.1, 0.15) is 11.3 Å². The summed E-state index contributed by atoms with van der Waals surface area (Å²) in [5.41, 5.74) is -0.142. The maximum absolute atomic E-state index is 12.6. The van der Waals surface area contributed by atoms with Crippen LogP contribution in [0.25, 0.3) is 0 Å². The predicted octanol–water partition coefficient (Wildman–Crippen LogP) is 1.99. The van der Waals surface area contributed by atoms with Gasteiger partial charge in [0.15, 0.2) is 0 Å². The second kappa shape index (κ2) is 6.73. The summed E-state index contributed by atoms with van der Waals surface area (Å²) in [5.74, 6) is -1.83. The lowest BCUT2D eigenvalue weighted by Gasteiger charge is -2.21. The fraction of sp³-hybridized carbons (Fsp3) is 0.357. The number of phenols is 1. The molecule has 0 aliphatic carbocycles. The van der Waals surface area contributed by atoms with E-state index in [-0.39, 0.29) is 11.4 Å². The number of nitrogens with zero attached hydrogens (tertiary/aromatic N) is 1. The van der Waals surface area contributed by atoms with Crippen LogP contribution in [-0.4, -0.2) is 42.0 Å². The van der Waals surface area contributed by atoms with Gasteiger partial charge in [-0.05, 0) is 31.0 Å². The first-order valence-electron chi connectivity index (χ1n) is 6.43. The van der Waals surface area contributed by atoms with E-state index in [1.807, 2.05) is 6.92 Å². The predicted molar refractivity (Wildman–Crippen MR) is 79.0 cm³/mol. The number of aryl methyl sites for hydroxylation is 1. The molecule has 7 heteroatoms. The van der Waals surface area contributed by atoms with Gasteiger partial charge in [-0.25, -0.2) is 13.2 Å². The molecule has 1 aromatic rings. The normalized spacial score (nSPS) is 11.6. The van der Waals surface area contributed by atoms with Crippen molar-refractivity contribution in [3.63, 3.8) is 0 Å². The SMILES string of the molecule is C=CCN(CCC)S(=O)(=O)c1cc(C(=O)O)c(O)cc1C. The molecule has 1 aromatic carbocycles. The number of hydrogen-bond acceptors (Lipinski definition) is 4. The van der Waals surface area contributed by atoms with Crippen molar-refractivity contribution in [3.05, 3.63) is 35.9 Å². The fourth-order valence-corrected chi connectivity index (χ4v) is 3.70. The molecule has 116 valence electrons. The van der Waals surface area contributed by atoms with Crippen molar-refractivity contribution in [2.75, 3.05) is 13.1 Å². The average Bonchev–Trinajstić information content (AvgIpc) is 2.37. The number of benzene rings is 1. The highest BCUT2D eigenvalue weighted by Crippen LogP contribution is 2.27. The summed E-state index contributed by atoms with van der Waals surface area (Å²) in [4.78, 5) is 10.9. The molecule has 0 amide bonds. The van der Waals surface area contributed by atoms with Gasteiger partial charge in [0.2, 0.25) is 10.0 Å². The maximum Gasteiger partial charge on any atom is 0.339 e. The quantitative estimate of drug-likeness (QED) is 0.751. The molecule has 0 aliphatic heterocycles. The lowest BCUT2D eigenvalue weighted by Crippen LogP contribution is -2.32. The van der Waals surface area contributed by atoms with Crippen LogP contribution >= 0.6 is 0 Å². The second-order valence-corrected chi connectivity index (χ2v) is 6.50. The maximum atomic E-state index is 12.6. The molecule has 0 aromatic heterocycles. The van der Waals surface area contributed by atoms with Gasteiger partial charge < -0.3 is 10.2 Å². The molecule has 0 aliphatic rings. The van der Waals surface area contributed by atoms with Gasteiger partial charge in [-0.2, -0.15) is 4.31 Å². The number of sulfonamides is 1. The van der Waals surface area contributed by atoms with Crippen molar-refractivity contribution < 1.29 is 23.4 Å². The highest BCUT2D eigenvalue weighted by atomic mass is 32.2. The van der Waals surface area contributed by atoms with Gasteiger partial charge in [0, 0.05) is 13.1 Å². The van der Waals surface area contributed by atoms with E-state index >= 15 is 0 Å². The number of carboxylic acids is 1. The Hall–Kier alpha value is -1.86. The molecule has 0 fully saturated rings. The van der Waals surface area contributed by atoms with Crippen LogP contribution in [-0.2, 0) is 10.0 Å². The molecule has 21 heavy (non-hydrogen) atoms.